The Morgan fingerprint density at radius 2 is 2.08 bits per heavy atom. The van der Waals surface area contributed by atoms with Crippen molar-refractivity contribution in [3.8, 4) is 16.9 Å². The second-order valence-corrected chi connectivity index (χ2v) is 6.78. The van der Waals surface area contributed by atoms with E-state index in [2.05, 4.69) is 11.9 Å². The maximum atomic E-state index is 13.1. The summed E-state index contributed by atoms with van der Waals surface area (Å²) in [6, 6.07) is 7.67. The van der Waals surface area contributed by atoms with Crippen molar-refractivity contribution in [3.05, 3.63) is 45.3 Å². The van der Waals surface area contributed by atoms with Gasteiger partial charge in [-0.25, -0.2) is 9.37 Å². The molecule has 0 amide bonds. The van der Waals surface area contributed by atoms with E-state index in [9.17, 15) is 9.18 Å². The summed E-state index contributed by atoms with van der Waals surface area (Å²) in [5, 5.41) is 0.584. The van der Waals surface area contributed by atoms with Gasteiger partial charge in [0.2, 0.25) is 0 Å². The number of nitrogens with zero attached hydrogens (tertiary/aromatic N) is 2. The van der Waals surface area contributed by atoms with Gasteiger partial charge in [-0.15, -0.1) is 11.3 Å². The Morgan fingerprint density at radius 1 is 1.28 bits per heavy atom. The van der Waals surface area contributed by atoms with E-state index < -0.39 is 6.67 Å². The summed E-state index contributed by atoms with van der Waals surface area (Å²) in [5.74, 6) is 1.37. The van der Waals surface area contributed by atoms with Gasteiger partial charge in [0, 0.05) is 16.9 Å². The number of thiophene rings is 1. The summed E-state index contributed by atoms with van der Waals surface area (Å²) < 4.78 is 19.8. The first-order valence-corrected chi connectivity index (χ1v) is 9.21. The lowest BCUT2D eigenvalue weighted by atomic mass is 10.0. The van der Waals surface area contributed by atoms with Crippen LogP contribution in [0.5, 0.6) is 5.75 Å². The van der Waals surface area contributed by atoms with Gasteiger partial charge in [0.25, 0.3) is 5.56 Å². The lowest BCUT2D eigenvalue weighted by Gasteiger charge is -2.10. The second kappa shape index (κ2) is 7.35. The fourth-order valence-electron chi connectivity index (χ4n) is 3.09. The monoisotopic (exact) mass is 360 g/mol. The molecular weight excluding hydrogens is 339 g/mol. The lowest BCUT2D eigenvalue weighted by Crippen LogP contribution is -2.25. The smallest absolute Gasteiger partial charge is 0.263 e. The van der Waals surface area contributed by atoms with Crippen LogP contribution in [-0.4, -0.2) is 23.3 Å². The average Bonchev–Trinajstić information content (AvgIpc) is 3.02. The molecule has 0 aliphatic rings. The molecule has 0 bridgehead atoms. The minimum absolute atomic E-state index is 0.0415. The minimum atomic E-state index is -0.584. The molecule has 132 valence electrons. The predicted octanol–water partition coefficient (Wildman–Crippen LogP) is 4.23. The number of rotatable bonds is 6. The van der Waals surface area contributed by atoms with Gasteiger partial charge in [0.15, 0.2) is 0 Å². The van der Waals surface area contributed by atoms with Crippen molar-refractivity contribution in [3.63, 3.8) is 0 Å². The molecule has 2 heterocycles. The van der Waals surface area contributed by atoms with E-state index >= 15 is 0 Å². The van der Waals surface area contributed by atoms with Gasteiger partial charge in [-0.05, 0) is 24.1 Å². The zero-order valence-corrected chi connectivity index (χ0v) is 15.5. The predicted molar refractivity (Wildman–Crippen MR) is 101 cm³/mol. The molecule has 0 aliphatic heterocycles. The molecule has 0 saturated carbocycles. The van der Waals surface area contributed by atoms with Gasteiger partial charge in [0.1, 0.15) is 23.1 Å². The molecule has 0 fully saturated rings. The van der Waals surface area contributed by atoms with Crippen molar-refractivity contribution in [2.24, 2.45) is 0 Å². The van der Waals surface area contributed by atoms with Gasteiger partial charge < -0.3 is 4.74 Å². The van der Waals surface area contributed by atoms with E-state index in [4.69, 9.17) is 4.74 Å². The first-order chi connectivity index (χ1) is 12.1. The number of ether oxygens (including phenoxy) is 1. The molecule has 1 aromatic carbocycles. The normalized spacial score (nSPS) is 11.2. The first-order valence-electron chi connectivity index (χ1n) is 8.40. The molecule has 3 rings (SSSR count). The molecular formula is C19H21FN2O2S. The van der Waals surface area contributed by atoms with E-state index in [-0.39, 0.29) is 12.1 Å². The number of hydrogen-bond acceptors (Lipinski definition) is 4. The molecule has 6 heteroatoms. The van der Waals surface area contributed by atoms with Gasteiger partial charge in [0.05, 0.1) is 19.0 Å². The summed E-state index contributed by atoms with van der Waals surface area (Å²) in [7, 11) is 1.62. The third kappa shape index (κ3) is 3.06. The second-order valence-electron chi connectivity index (χ2n) is 5.69. The number of hydrogen-bond donors (Lipinski definition) is 0. The third-order valence-corrected chi connectivity index (χ3v) is 5.50. The Hall–Kier alpha value is -2.21. The molecule has 0 aliphatic carbocycles. The van der Waals surface area contributed by atoms with E-state index in [0.717, 1.165) is 33.0 Å². The van der Waals surface area contributed by atoms with Crippen molar-refractivity contribution in [2.45, 2.75) is 33.2 Å². The van der Waals surface area contributed by atoms with E-state index in [1.165, 1.54) is 4.57 Å². The standard InChI is InChI=1S/C19H21FN2O2S/c1-4-14-16(12-7-6-8-13(11-12)24-3)17-18(25-14)21-15(5-2)22(10-9-20)19(17)23/h6-8,11H,4-5,9-10H2,1-3H3. The van der Waals surface area contributed by atoms with Crippen LogP contribution in [0.3, 0.4) is 0 Å². The Morgan fingerprint density at radius 3 is 2.72 bits per heavy atom. The van der Waals surface area contributed by atoms with Gasteiger partial charge in [-0.1, -0.05) is 26.0 Å². The molecule has 0 spiro atoms. The molecule has 4 nitrogen and oxygen atoms in total. The highest BCUT2D eigenvalue weighted by molar-refractivity contribution is 7.19. The number of aryl methyl sites for hydroxylation is 2. The Bertz CT molecular complexity index is 962. The lowest BCUT2D eigenvalue weighted by molar-refractivity contribution is 0.415. The maximum absolute atomic E-state index is 13.1. The van der Waals surface area contributed by atoms with Crippen molar-refractivity contribution >= 4 is 21.6 Å². The number of halogens is 1. The van der Waals surface area contributed by atoms with Crippen molar-refractivity contribution < 1.29 is 9.13 Å². The van der Waals surface area contributed by atoms with Crippen LogP contribution >= 0.6 is 11.3 Å². The van der Waals surface area contributed by atoms with Crippen LogP contribution in [0.2, 0.25) is 0 Å². The van der Waals surface area contributed by atoms with Crippen molar-refractivity contribution in [2.75, 3.05) is 13.8 Å². The average molecular weight is 360 g/mol. The number of aromatic nitrogens is 2. The largest absolute Gasteiger partial charge is 0.497 e. The van der Waals surface area contributed by atoms with Gasteiger partial charge in [-0.2, -0.15) is 0 Å². The fourth-order valence-corrected chi connectivity index (χ4v) is 4.23. The highest BCUT2D eigenvalue weighted by Crippen LogP contribution is 2.37. The number of benzene rings is 1. The number of fused-ring (bicyclic) bond motifs is 1. The van der Waals surface area contributed by atoms with Crippen molar-refractivity contribution in [1.82, 2.24) is 9.55 Å². The van der Waals surface area contributed by atoms with Crippen LogP contribution in [0.1, 0.15) is 24.5 Å². The summed E-state index contributed by atoms with van der Waals surface area (Å²) in [4.78, 5) is 19.6. The fraction of sp³-hybridized carbons (Fsp3) is 0.368. The van der Waals surface area contributed by atoms with Crippen LogP contribution in [0, 0.1) is 0 Å². The van der Waals surface area contributed by atoms with Crippen molar-refractivity contribution in [1.29, 1.82) is 0 Å². The summed E-state index contributed by atoms with van der Waals surface area (Å²) in [5.41, 5.74) is 1.67. The molecule has 0 saturated heterocycles. The number of methoxy groups -OCH3 is 1. The molecule has 0 N–H and O–H groups in total. The molecule has 0 radical (unpaired) electrons. The Labute approximate surface area is 149 Å². The molecule has 25 heavy (non-hydrogen) atoms. The van der Waals surface area contributed by atoms with E-state index in [1.54, 1.807) is 18.4 Å². The topological polar surface area (TPSA) is 44.1 Å². The summed E-state index contributed by atoms with van der Waals surface area (Å²) in [6.07, 6.45) is 1.40. The quantitative estimate of drug-likeness (QED) is 0.661. The van der Waals surface area contributed by atoms with Crippen LogP contribution in [0.15, 0.2) is 29.1 Å². The third-order valence-electron chi connectivity index (χ3n) is 4.27. The molecule has 0 unspecified atom stereocenters. The highest BCUT2D eigenvalue weighted by atomic mass is 32.1. The number of alkyl halides is 1. The van der Waals surface area contributed by atoms with Crippen LogP contribution in [0.25, 0.3) is 21.3 Å². The zero-order chi connectivity index (χ0) is 18.0. The summed E-state index contributed by atoms with van der Waals surface area (Å²) in [6.45, 7) is 3.45. The molecule has 0 atom stereocenters. The van der Waals surface area contributed by atoms with Crippen LogP contribution < -0.4 is 10.3 Å². The Kier molecular flexibility index (Phi) is 5.18. The van der Waals surface area contributed by atoms with Crippen LogP contribution in [-0.2, 0) is 19.4 Å². The van der Waals surface area contributed by atoms with Gasteiger partial charge in [-0.3, -0.25) is 9.36 Å². The SMILES string of the molecule is CCc1sc2nc(CC)n(CCF)c(=O)c2c1-c1cccc(OC)c1. The molecule has 2 aromatic heterocycles. The molecule has 3 aromatic rings. The van der Waals surface area contributed by atoms with Gasteiger partial charge >= 0.3 is 0 Å². The Balaban J connectivity index is 2.37. The summed E-state index contributed by atoms with van der Waals surface area (Å²) >= 11 is 1.54. The minimum Gasteiger partial charge on any atom is -0.497 e. The van der Waals surface area contributed by atoms with E-state index in [1.807, 2.05) is 31.2 Å². The maximum Gasteiger partial charge on any atom is 0.263 e. The van der Waals surface area contributed by atoms with Crippen LogP contribution in [0.4, 0.5) is 4.39 Å². The van der Waals surface area contributed by atoms with E-state index in [0.29, 0.717) is 17.6 Å². The highest BCUT2D eigenvalue weighted by Gasteiger charge is 2.20. The first kappa shape index (κ1) is 17.6. The zero-order valence-electron chi connectivity index (χ0n) is 14.6.